The Morgan fingerprint density at radius 1 is 1.33 bits per heavy atom. The number of ether oxygens (including phenoxy) is 1. The largest absolute Gasteiger partial charge is 0.477 e. The molecule has 1 N–H and O–H groups in total. The molecule has 5 nitrogen and oxygen atoms in total. The standard InChI is InChI=1S/C23H21FN2O3S/c1-14-2-3-16(8-20(14)24)10-25-22(28)19-9-17(18-6-7-30-21(18)12-27)11-26-23(19)29-13-15-4-5-15/h2-3,6-9,11-12,15H,4-5,10,13H2,1H3,(H,25,28). The minimum absolute atomic E-state index is 0.181. The fourth-order valence-electron chi connectivity index (χ4n) is 3.03. The minimum Gasteiger partial charge on any atom is -0.477 e. The summed E-state index contributed by atoms with van der Waals surface area (Å²) in [5.41, 5.74) is 2.91. The molecule has 30 heavy (non-hydrogen) atoms. The van der Waals surface area contributed by atoms with E-state index in [2.05, 4.69) is 10.3 Å². The lowest BCUT2D eigenvalue weighted by Crippen LogP contribution is -2.24. The molecule has 0 unspecified atom stereocenters. The Balaban J connectivity index is 1.58. The van der Waals surface area contributed by atoms with Gasteiger partial charge >= 0.3 is 0 Å². The number of carbonyl (C=O) groups excluding carboxylic acids is 2. The molecule has 1 aliphatic carbocycles. The average Bonchev–Trinajstić information content (AvgIpc) is 3.47. The molecular formula is C23H21FN2O3S. The van der Waals surface area contributed by atoms with Gasteiger partial charge in [0.15, 0.2) is 6.29 Å². The van der Waals surface area contributed by atoms with Gasteiger partial charge < -0.3 is 10.1 Å². The van der Waals surface area contributed by atoms with Crippen molar-refractivity contribution in [3.05, 3.63) is 69.3 Å². The van der Waals surface area contributed by atoms with Gasteiger partial charge in [0.05, 0.1) is 11.5 Å². The van der Waals surface area contributed by atoms with Gasteiger partial charge in [-0.15, -0.1) is 11.3 Å². The van der Waals surface area contributed by atoms with Gasteiger partial charge in [-0.25, -0.2) is 9.37 Å². The summed E-state index contributed by atoms with van der Waals surface area (Å²) in [6.45, 7) is 2.39. The summed E-state index contributed by atoms with van der Waals surface area (Å²) in [4.78, 5) is 29.2. The van der Waals surface area contributed by atoms with Gasteiger partial charge in [-0.05, 0) is 60.4 Å². The average molecular weight is 424 g/mol. The number of aromatic nitrogens is 1. The van der Waals surface area contributed by atoms with E-state index in [4.69, 9.17) is 4.74 Å². The number of benzene rings is 1. The first-order valence-electron chi connectivity index (χ1n) is 9.74. The van der Waals surface area contributed by atoms with Crippen LogP contribution in [0, 0.1) is 18.7 Å². The van der Waals surface area contributed by atoms with Gasteiger partial charge in [-0.1, -0.05) is 12.1 Å². The predicted octanol–water partition coefficient (Wildman–Crippen LogP) is 4.79. The van der Waals surface area contributed by atoms with Crippen molar-refractivity contribution in [2.45, 2.75) is 26.3 Å². The van der Waals surface area contributed by atoms with E-state index in [0.717, 1.165) is 24.7 Å². The molecule has 3 aromatic rings. The van der Waals surface area contributed by atoms with Crippen LogP contribution < -0.4 is 10.1 Å². The Hall–Kier alpha value is -3.06. The molecule has 0 spiro atoms. The number of aldehydes is 1. The number of nitrogens with zero attached hydrogens (tertiary/aromatic N) is 1. The second-order valence-corrected chi connectivity index (χ2v) is 8.36. The molecule has 0 aliphatic heterocycles. The van der Waals surface area contributed by atoms with Gasteiger partial charge in [-0.2, -0.15) is 0 Å². The monoisotopic (exact) mass is 424 g/mol. The van der Waals surface area contributed by atoms with Gasteiger partial charge in [0.25, 0.3) is 5.91 Å². The third kappa shape index (κ3) is 4.57. The lowest BCUT2D eigenvalue weighted by atomic mass is 10.1. The zero-order chi connectivity index (χ0) is 21.1. The van der Waals surface area contributed by atoms with Crippen molar-refractivity contribution in [2.75, 3.05) is 6.61 Å². The number of aryl methyl sites for hydroxylation is 1. The fraction of sp³-hybridized carbons (Fsp3) is 0.261. The van der Waals surface area contributed by atoms with Crippen LogP contribution >= 0.6 is 11.3 Å². The third-order valence-electron chi connectivity index (χ3n) is 5.05. The van der Waals surface area contributed by atoms with E-state index >= 15 is 0 Å². The number of nitrogens with one attached hydrogen (secondary N) is 1. The van der Waals surface area contributed by atoms with Gasteiger partial charge in [-0.3, -0.25) is 9.59 Å². The van der Waals surface area contributed by atoms with Crippen molar-refractivity contribution >= 4 is 23.5 Å². The fourth-order valence-corrected chi connectivity index (χ4v) is 3.75. The zero-order valence-electron chi connectivity index (χ0n) is 16.5. The smallest absolute Gasteiger partial charge is 0.257 e. The van der Waals surface area contributed by atoms with Crippen LogP contribution in [0.25, 0.3) is 11.1 Å². The number of pyridine rings is 1. The highest BCUT2D eigenvalue weighted by Gasteiger charge is 2.24. The van der Waals surface area contributed by atoms with Crippen molar-refractivity contribution in [2.24, 2.45) is 5.92 Å². The molecule has 2 aromatic heterocycles. The zero-order valence-corrected chi connectivity index (χ0v) is 17.3. The molecule has 7 heteroatoms. The van der Waals surface area contributed by atoms with Crippen LogP contribution in [0.3, 0.4) is 0 Å². The van der Waals surface area contributed by atoms with Crippen LogP contribution in [-0.2, 0) is 6.54 Å². The molecule has 2 heterocycles. The molecule has 154 valence electrons. The molecule has 0 bridgehead atoms. The maximum atomic E-state index is 13.8. The lowest BCUT2D eigenvalue weighted by molar-refractivity contribution is 0.0945. The summed E-state index contributed by atoms with van der Waals surface area (Å²) in [7, 11) is 0. The van der Waals surface area contributed by atoms with Crippen LogP contribution in [0.2, 0.25) is 0 Å². The number of carbonyl (C=O) groups is 2. The molecule has 1 fully saturated rings. The third-order valence-corrected chi connectivity index (χ3v) is 5.89. The quantitative estimate of drug-likeness (QED) is 0.528. The first-order chi connectivity index (χ1) is 14.5. The normalized spacial score (nSPS) is 13.1. The van der Waals surface area contributed by atoms with E-state index in [9.17, 15) is 14.0 Å². The van der Waals surface area contributed by atoms with Crippen molar-refractivity contribution in [1.82, 2.24) is 10.3 Å². The number of hydrogen-bond acceptors (Lipinski definition) is 5. The summed E-state index contributed by atoms with van der Waals surface area (Å²) in [6.07, 6.45) is 4.65. The molecule has 1 saturated carbocycles. The summed E-state index contributed by atoms with van der Waals surface area (Å²) < 4.78 is 19.6. The van der Waals surface area contributed by atoms with Crippen LogP contribution in [0.1, 0.15) is 44.0 Å². The summed E-state index contributed by atoms with van der Waals surface area (Å²) in [5, 5.41) is 4.64. The molecule has 0 atom stereocenters. The van der Waals surface area contributed by atoms with Gasteiger partial charge in [0, 0.05) is 23.9 Å². The first kappa shape index (κ1) is 20.2. The van der Waals surface area contributed by atoms with E-state index in [0.29, 0.717) is 39.7 Å². The van der Waals surface area contributed by atoms with E-state index in [1.807, 2.05) is 11.4 Å². The number of amides is 1. The van der Waals surface area contributed by atoms with E-state index in [1.54, 1.807) is 31.3 Å². The van der Waals surface area contributed by atoms with Crippen LogP contribution in [0.4, 0.5) is 4.39 Å². The molecule has 0 radical (unpaired) electrons. The second-order valence-electron chi connectivity index (χ2n) is 7.41. The number of rotatable bonds is 8. The van der Waals surface area contributed by atoms with Gasteiger partial charge in [0.2, 0.25) is 5.88 Å². The van der Waals surface area contributed by atoms with Crippen LogP contribution in [0.5, 0.6) is 5.88 Å². The molecule has 1 aromatic carbocycles. The van der Waals surface area contributed by atoms with Crippen molar-refractivity contribution in [3.8, 4) is 17.0 Å². The highest BCUT2D eigenvalue weighted by molar-refractivity contribution is 7.12. The first-order valence-corrected chi connectivity index (χ1v) is 10.6. The summed E-state index contributed by atoms with van der Waals surface area (Å²) >= 11 is 1.33. The Morgan fingerprint density at radius 2 is 2.17 bits per heavy atom. The molecule has 1 amide bonds. The highest BCUT2D eigenvalue weighted by Crippen LogP contribution is 2.32. The van der Waals surface area contributed by atoms with Crippen molar-refractivity contribution < 1.29 is 18.7 Å². The van der Waals surface area contributed by atoms with Crippen LogP contribution in [-0.4, -0.2) is 23.8 Å². The summed E-state index contributed by atoms with van der Waals surface area (Å²) in [5.74, 6) is 0.106. The molecule has 1 aliphatic rings. The number of hydrogen-bond donors (Lipinski definition) is 1. The van der Waals surface area contributed by atoms with Crippen molar-refractivity contribution in [1.29, 1.82) is 0 Å². The van der Waals surface area contributed by atoms with Crippen molar-refractivity contribution in [3.63, 3.8) is 0 Å². The molecule has 0 saturated heterocycles. The maximum absolute atomic E-state index is 13.8. The Labute approximate surface area is 177 Å². The van der Waals surface area contributed by atoms with Crippen LogP contribution in [0.15, 0.2) is 41.9 Å². The maximum Gasteiger partial charge on any atom is 0.257 e. The lowest BCUT2D eigenvalue weighted by Gasteiger charge is -2.12. The Bertz CT molecular complexity index is 1090. The second kappa shape index (κ2) is 8.75. The topological polar surface area (TPSA) is 68.3 Å². The molecular weight excluding hydrogens is 403 g/mol. The number of halogens is 1. The number of thiophene rings is 1. The highest BCUT2D eigenvalue weighted by atomic mass is 32.1. The minimum atomic E-state index is -0.362. The van der Waals surface area contributed by atoms with E-state index in [1.165, 1.54) is 17.4 Å². The predicted molar refractivity (Wildman–Crippen MR) is 113 cm³/mol. The van der Waals surface area contributed by atoms with Gasteiger partial charge in [0.1, 0.15) is 11.4 Å². The van der Waals surface area contributed by atoms with E-state index < -0.39 is 0 Å². The van der Waals surface area contributed by atoms with E-state index in [-0.39, 0.29) is 24.1 Å². The SMILES string of the molecule is Cc1ccc(CNC(=O)c2cc(-c3ccsc3C=O)cnc2OCC2CC2)cc1F. The Kier molecular flexibility index (Phi) is 5.90. The molecule has 4 rings (SSSR count). The Morgan fingerprint density at radius 3 is 2.90 bits per heavy atom. The summed E-state index contributed by atoms with van der Waals surface area (Å²) in [6, 6.07) is 8.39.